The number of para-hydroxylation sites is 8. The van der Waals surface area contributed by atoms with Gasteiger partial charge in [-0.25, -0.2) is 0 Å². The van der Waals surface area contributed by atoms with Gasteiger partial charge in [-0.1, -0.05) is 380 Å². The molecule has 16 aromatic carbocycles. The topological polar surface area (TPSA) is 97.1 Å². The standard InChI is InChI=1S/C51H35N5Si.C27H16ClN5.C25H22Si.2H2/c1-4-20-37(21-5-1)57(38-22-6-2-7-23-38,39-24-8-3-9-25-39)40-26-18-19-36(35-40)49-52-50(55-45-31-14-10-27-41(45)42-28-11-15-32-46(42)55)54-51(53-49)56-47-33-16-12-29-43(47)44-30-13-17-34-48(44)56;28-25-29-26(32-21-13-5-1-9-17(21)18-10-2-6-14-22(18)32)31-27(30-25)33-23-15-7-3-11-19(23)20-12-4-8-16-24(20)33;1-21-12-11-19-25(20-21)26(22-13-5-2-6-14-22,23-15-7-3-8-16-23)24-17-9-4-10-18-24;;/h1-35H;1-16H;2-20H,1H3;2*1H/i1D,2D,3D,4D,5D,6D,7D,8D,9D,10D,11D,12D,13D,14D,15D,16D,17D,18D,19D,20D,21D,22D,23D,24D,25D,26D,27D,28D,29D,30D,31D,32D,33D,34D,35D;1D,2D,3D,4D,5D,6D,7D,8D,9D,10D,11D,12D,13D,14D,15D,16D;2D,3D,4D,5D,6D,7D,8D,9D,10D,11D,12D,13D,14D,15D,16D,17D,18D,19D,20D;1+1;. The Kier molecular flexibility index (Phi) is 7.35. The minimum Gasteiger partial charge on any atom is -0.278 e. The minimum atomic E-state index is -6.60. The number of aromatic nitrogens is 10. The van der Waals surface area contributed by atoms with Crippen LogP contribution in [0.1, 0.15) is 104 Å². The third kappa shape index (κ3) is 12.2. The monoisotopic (exact) mass is 1620 g/mol. The average Bonchev–Trinajstić information content (AvgIpc) is 1.17. The summed E-state index contributed by atoms with van der Waals surface area (Å²) < 4.78 is 624. The molecule has 116 heavy (non-hydrogen) atoms. The molecule has 0 bridgehead atoms. The fourth-order valence-electron chi connectivity index (χ4n) is 13.1. The lowest BCUT2D eigenvalue weighted by atomic mass is 10.2. The molecule has 0 radical (unpaired) electrons. The second kappa shape index (κ2) is 30.2. The summed E-state index contributed by atoms with van der Waals surface area (Å²) in [4.78, 5) is 26.3. The van der Waals surface area contributed by atoms with Crippen LogP contribution in [0.5, 0.6) is 0 Å². The Morgan fingerprint density at radius 2 is 0.440 bits per heavy atom. The molecule has 0 saturated carbocycles. The number of hydrogen-bond acceptors (Lipinski definition) is 6. The summed E-state index contributed by atoms with van der Waals surface area (Å²) in [6.45, 7) is 1.21. The van der Waals surface area contributed by atoms with Crippen molar-refractivity contribution in [2.24, 2.45) is 0 Å². The molecule has 6 heterocycles. The van der Waals surface area contributed by atoms with Crippen LogP contribution in [0.3, 0.4) is 0 Å². The Morgan fingerprint density at radius 1 is 0.233 bits per heavy atom. The van der Waals surface area contributed by atoms with Crippen molar-refractivity contribution >= 4 is 156 Å². The molecule has 0 aliphatic heterocycles. The summed E-state index contributed by atoms with van der Waals surface area (Å²) in [5.41, 5.74) is -5.88. The van der Waals surface area contributed by atoms with Gasteiger partial charge in [-0.05, 0) is 108 Å². The van der Waals surface area contributed by atoms with Gasteiger partial charge in [0.1, 0.15) is 0 Å². The van der Waals surface area contributed by atoms with Crippen molar-refractivity contribution in [1.82, 2.24) is 48.2 Å². The van der Waals surface area contributed by atoms with Crippen LogP contribution < -0.4 is 41.5 Å². The van der Waals surface area contributed by atoms with Crippen molar-refractivity contribution in [3.8, 4) is 35.2 Å². The van der Waals surface area contributed by atoms with E-state index in [4.69, 9.17) is 88.4 Å². The zero-order valence-corrected chi connectivity index (χ0v) is 60.6. The fourth-order valence-corrected chi connectivity index (χ4v) is 20.4. The van der Waals surface area contributed by atoms with E-state index in [0.29, 0.717) is 9.13 Å². The summed E-state index contributed by atoms with van der Waals surface area (Å²) in [5.74, 6) is -4.54. The van der Waals surface area contributed by atoms with Gasteiger partial charge in [0.15, 0.2) is 22.0 Å². The number of fused-ring (bicyclic) bond motifs is 12. The maximum atomic E-state index is 10.5. The van der Waals surface area contributed by atoms with Crippen molar-refractivity contribution in [3.05, 3.63) is 434 Å². The summed E-state index contributed by atoms with van der Waals surface area (Å²) >= 11 is 6.41. The number of hydrogen-bond donors (Lipinski definition) is 0. The largest absolute Gasteiger partial charge is 0.278 e. The van der Waals surface area contributed by atoms with Gasteiger partial charge in [-0.15, -0.1) is 0 Å². The third-order valence-corrected chi connectivity index (χ3v) is 25.9. The first-order valence-electron chi connectivity index (χ1n) is 68.3. The molecule has 0 aliphatic carbocycles. The highest BCUT2D eigenvalue weighted by Gasteiger charge is 2.43. The van der Waals surface area contributed by atoms with E-state index in [0.717, 1.165) is 9.13 Å². The lowest BCUT2D eigenvalue weighted by Crippen LogP contribution is -2.74. The second-order valence-corrected chi connectivity index (χ2v) is 31.2. The molecule has 0 aliphatic rings. The predicted octanol–water partition coefficient (Wildman–Crippen LogP) is 19.7. The van der Waals surface area contributed by atoms with E-state index in [2.05, 4.69) is 29.9 Å². The quantitative estimate of drug-likeness (QED) is 0.0843. The van der Waals surface area contributed by atoms with Gasteiger partial charge in [0, 0.05) is 51.5 Å². The highest BCUT2D eigenvalue weighted by Crippen LogP contribution is 2.37. The molecule has 0 fully saturated rings. The van der Waals surface area contributed by atoms with Gasteiger partial charge in [-0.3, -0.25) is 18.3 Å². The highest BCUT2D eigenvalue weighted by atomic mass is 35.5. The molecule has 0 amide bonds. The van der Waals surface area contributed by atoms with E-state index in [-0.39, 0.29) is 52.0 Å². The van der Waals surface area contributed by atoms with Crippen molar-refractivity contribution in [3.63, 3.8) is 0 Å². The minimum absolute atomic E-state index is 0. The third-order valence-electron chi connectivity index (χ3n) is 17.7. The highest BCUT2D eigenvalue weighted by molar-refractivity contribution is 7.20. The second-order valence-electron chi connectivity index (χ2n) is 23.8. The molecule has 0 saturated heterocycles. The van der Waals surface area contributed by atoms with Crippen molar-refractivity contribution in [2.45, 2.75) is 6.92 Å². The predicted molar refractivity (Wildman–Crippen MR) is 490 cm³/mol. The Bertz CT molecular complexity index is 10600. The smallest absolute Gasteiger partial charge is 0.240 e. The number of benzene rings is 16. The molecule has 0 spiro atoms. The summed E-state index contributed by atoms with van der Waals surface area (Å²) in [6.07, 6.45) is 0. The number of halogens is 1. The normalized spacial score (nSPS) is 20.2. The molecule has 0 unspecified atom stereocenters. The molecular weight excluding hydrogens is 1470 g/mol. The van der Waals surface area contributed by atoms with Crippen LogP contribution in [0.2, 0.25) is 5.28 Å². The zero-order chi connectivity index (χ0) is 138. The van der Waals surface area contributed by atoms with Crippen LogP contribution >= 0.6 is 11.6 Å². The molecule has 10 nitrogen and oxygen atoms in total. The molecule has 554 valence electrons. The Labute approximate surface area is 778 Å². The van der Waals surface area contributed by atoms with Gasteiger partial charge in [0.05, 0.1) is 140 Å². The van der Waals surface area contributed by atoms with E-state index in [1.54, 1.807) is 0 Å². The van der Waals surface area contributed by atoms with Gasteiger partial charge >= 0.3 is 0 Å². The lowest BCUT2D eigenvalue weighted by molar-refractivity contribution is 0.887. The molecule has 22 aromatic rings. The van der Waals surface area contributed by atoms with Gasteiger partial charge in [-0.2, -0.15) is 29.9 Å². The summed E-state index contributed by atoms with van der Waals surface area (Å²) in [7, 11) is -12.3. The van der Waals surface area contributed by atoms with Gasteiger partial charge in [0.2, 0.25) is 29.1 Å². The van der Waals surface area contributed by atoms with Crippen LogP contribution in [0.4, 0.5) is 0 Å². The van der Waals surface area contributed by atoms with E-state index in [1.165, 1.54) is 6.92 Å². The van der Waals surface area contributed by atoms with Crippen LogP contribution in [0.15, 0.2) is 423 Å². The zero-order valence-electron chi connectivity index (χ0n) is 128. The molecule has 6 aromatic heterocycles. The maximum Gasteiger partial charge on any atom is 0.240 e. The fraction of sp³-hybridized carbons (Fsp3) is 0.00971. The Morgan fingerprint density at radius 3 is 0.698 bits per heavy atom. The maximum absolute atomic E-state index is 10.5. The van der Waals surface area contributed by atoms with E-state index in [9.17, 15) is 19.2 Å². The van der Waals surface area contributed by atoms with Crippen LogP contribution in [0.25, 0.3) is 122 Å². The van der Waals surface area contributed by atoms with Crippen molar-refractivity contribution in [2.75, 3.05) is 0 Å². The Balaban J connectivity index is 0.000000194. The number of nitrogens with zero attached hydrogens (tertiary/aromatic N) is 10. The van der Waals surface area contributed by atoms with Gasteiger partial charge < -0.3 is 0 Å². The number of rotatable bonds is 13. The first-order valence-corrected chi connectivity index (χ1v) is 37.7. The Hall–Kier alpha value is -14.5. The molecule has 0 atom stereocenters. The molecule has 22 rings (SSSR count). The van der Waals surface area contributed by atoms with Crippen LogP contribution in [-0.4, -0.2) is 64.3 Å². The van der Waals surface area contributed by atoms with E-state index in [1.807, 2.05) is 0 Å². The van der Waals surface area contributed by atoms with Crippen LogP contribution in [-0.2, 0) is 0 Å². The molecule has 0 N–H and O–H groups in total. The first kappa shape index (κ1) is 28.2. The van der Waals surface area contributed by atoms with Crippen LogP contribution in [0, 0.1) is 6.92 Å². The SMILES string of the molecule is [2HH].[2H]c1c([2H])c([2H])c([Si](c2c([2H])c([2H])c([2H])c([2H])c2[2H])(c2c([2H])c([2H])c([2H])c([2H])c2[2H])c2c([2H])c([2H])c([2H])c(-c3nc(-n4c5c([2H])c([2H])c([2H])c([2H])c5c5c([2H])c([2H])c([2H])c([2H])c54)nc(-n4c5c([2H])c([2H])c([2H])c([2H])c5c5c([2H])c([2H])c([2H])c([2H])c54)n3)c2[2H])c([2H])c1[2H].[2H]c1c([2H])c([2H])c([Si](c2c([2H])c([2H])c([2H])c([2H])c2[2H])(c2c([2H])c([2H])c([2H])c([2H])c2[2H])c2c([2H])c([2H])c([2H])c(C)c2[2H])c([2H])c1[2H].[2H]c1c([2H])c([2H])c2c(c1[2H])c1c([2H])c([2H])c([2H])c([2H])c1n2-c1nc(Cl)nc(-n2c3c([2H])c([2H])c([2H])c([2H])c3c3c([2H])c([2H])c([2H])c([2H])c32)n1.[HH]. The van der Waals surface area contributed by atoms with Crippen molar-refractivity contribution in [1.29, 1.82) is 0 Å². The van der Waals surface area contributed by atoms with Gasteiger partial charge in [0.25, 0.3) is 0 Å². The first-order chi connectivity index (χ1) is 86.4. The summed E-state index contributed by atoms with van der Waals surface area (Å²) in [6, 6.07) is -69.0. The molecular formula is C103H77ClN10Si2. The lowest BCUT2D eigenvalue weighted by Gasteiger charge is -2.34. The summed E-state index contributed by atoms with van der Waals surface area (Å²) in [5, 5.41) is -12.5. The molecule has 13 heteroatoms. The van der Waals surface area contributed by atoms with E-state index < -0.39 is 565 Å². The average molecular weight is 1620 g/mol. The van der Waals surface area contributed by atoms with Crippen molar-refractivity contribution < 1.29 is 98.8 Å². The van der Waals surface area contributed by atoms with E-state index >= 15 is 0 Å².